The maximum absolute atomic E-state index is 11.7. The lowest BCUT2D eigenvalue weighted by atomic mass is 9.87. The van der Waals surface area contributed by atoms with Crippen molar-refractivity contribution >= 4 is 0 Å². The molecule has 4 aromatic rings. The molecule has 2 atom stereocenters. The molecule has 8 bridgehead atoms. The summed E-state index contributed by atoms with van der Waals surface area (Å²) < 4.78 is 24.3. The van der Waals surface area contributed by atoms with Crippen LogP contribution in [-0.4, -0.2) is 61.4 Å². The van der Waals surface area contributed by atoms with Crippen molar-refractivity contribution in [1.29, 1.82) is 0 Å². The Labute approximate surface area is 264 Å². The van der Waals surface area contributed by atoms with Gasteiger partial charge in [0.1, 0.15) is 6.61 Å². The van der Waals surface area contributed by atoms with E-state index in [1.54, 1.807) is 20.3 Å². The summed E-state index contributed by atoms with van der Waals surface area (Å²) in [5.41, 5.74) is 7.52. The molecule has 8 heteroatoms. The topological polar surface area (TPSA) is 83.9 Å². The highest BCUT2D eigenvalue weighted by atomic mass is 16.5. The Bertz CT molecular complexity index is 1740. The van der Waals surface area contributed by atoms with E-state index >= 15 is 0 Å². The average molecular weight is 609 g/mol. The average Bonchev–Trinajstić information content (AvgIpc) is 3.04. The van der Waals surface area contributed by atoms with Gasteiger partial charge in [-0.05, 0) is 103 Å². The number of hydrogen-bond acceptors (Lipinski definition) is 8. The number of hydrogen-bond donors (Lipinski definition) is 2. The third-order valence-corrected chi connectivity index (χ3v) is 9.72. The first-order valence-electron chi connectivity index (χ1n) is 15.6. The standard InChI is InChI=1S/C37H40N2O6/c1-38-13-11-25-18-32(42-3)33-20-27(25)28(38)15-22-5-7-23(8-6-22)21-44-37-34(43-4)19-26-12-14-39(2)29(35(26)36(37)41)16-24-9-10-30(40)31(17-24)45-33/h5-10,17-20,28-29,40-41H,11-16,21H2,1-4H3/t28-,29-/m0/s1. The van der Waals surface area contributed by atoms with Gasteiger partial charge in [0.15, 0.2) is 34.5 Å². The van der Waals surface area contributed by atoms with Gasteiger partial charge in [-0.2, -0.15) is 0 Å². The Kier molecular flexibility index (Phi) is 7.71. The van der Waals surface area contributed by atoms with E-state index in [2.05, 4.69) is 60.3 Å². The number of methoxy groups -OCH3 is 2. The summed E-state index contributed by atoms with van der Waals surface area (Å²) >= 11 is 0. The first-order chi connectivity index (χ1) is 21.8. The molecule has 8 rings (SSSR count). The Morgan fingerprint density at radius 3 is 2.11 bits per heavy atom. The summed E-state index contributed by atoms with van der Waals surface area (Å²) in [4.78, 5) is 4.64. The van der Waals surface area contributed by atoms with Crippen LogP contribution in [0.15, 0.2) is 60.7 Å². The molecule has 4 heterocycles. The molecular formula is C37H40N2O6. The molecule has 0 saturated heterocycles. The van der Waals surface area contributed by atoms with Crippen LogP contribution >= 0.6 is 0 Å². The maximum Gasteiger partial charge on any atom is 0.204 e. The number of rotatable bonds is 2. The summed E-state index contributed by atoms with van der Waals surface area (Å²) in [6.07, 6.45) is 3.12. The molecule has 0 unspecified atom stereocenters. The quantitative estimate of drug-likeness (QED) is 0.273. The van der Waals surface area contributed by atoms with Gasteiger partial charge in [0.2, 0.25) is 5.75 Å². The fourth-order valence-corrected chi connectivity index (χ4v) is 7.09. The maximum atomic E-state index is 11.7. The van der Waals surface area contributed by atoms with E-state index in [9.17, 15) is 10.2 Å². The molecular weight excluding hydrogens is 568 g/mol. The molecule has 2 N–H and O–H groups in total. The zero-order valence-electron chi connectivity index (χ0n) is 26.3. The summed E-state index contributed by atoms with van der Waals surface area (Å²) in [5, 5.41) is 22.6. The van der Waals surface area contributed by atoms with E-state index in [1.807, 2.05) is 18.2 Å². The molecule has 0 aliphatic carbocycles. The number of aromatic hydroxyl groups is 2. The van der Waals surface area contributed by atoms with Crippen LogP contribution in [0.4, 0.5) is 0 Å². The molecule has 45 heavy (non-hydrogen) atoms. The van der Waals surface area contributed by atoms with Crippen LogP contribution in [0.5, 0.6) is 40.2 Å². The lowest BCUT2D eigenvalue weighted by Crippen LogP contribution is -2.33. The zero-order valence-corrected chi connectivity index (χ0v) is 26.3. The fraction of sp³-hybridized carbons (Fsp3) is 0.351. The van der Waals surface area contributed by atoms with Gasteiger partial charge in [0, 0.05) is 30.7 Å². The van der Waals surface area contributed by atoms with Crippen LogP contribution in [0.1, 0.15) is 51.0 Å². The van der Waals surface area contributed by atoms with Gasteiger partial charge in [-0.15, -0.1) is 0 Å². The molecule has 0 aromatic heterocycles. The Morgan fingerprint density at radius 2 is 1.36 bits per heavy atom. The number of phenolic OH excluding ortho intramolecular Hbond substituents is 2. The largest absolute Gasteiger partial charge is 0.504 e. The van der Waals surface area contributed by atoms with Gasteiger partial charge in [-0.3, -0.25) is 9.80 Å². The van der Waals surface area contributed by atoms with Gasteiger partial charge in [-0.25, -0.2) is 0 Å². The molecule has 4 aliphatic rings. The van der Waals surface area contributed by atoms with Gasteiger partial charge >= 0.3 is 0 Å². The lowest BCUT2D eigenvalue weighted by molar-refractivity contribution is 0.216. The number of fused-ring (bicyclic) bond motifs is 3. The van der Waals surface area contributed by atoms with Crippen LogP contribution in [0.3, 0.4) is 0 Å². The third-order valence-electron chi connectivity index (χ3n) is 9.72. The molecule has 0 fully saturated rings. The molecule has 0 amide bonds. The van der Waals surface area contributed by atoms with Crippen LogP contribution in [-0.2, 0) is 32.3 Å². The van der Waals surface area contributed by atoms with Crippen molar-refractivity contribution in [1.82, 2.24) is 9.80 Å². The number of phenols is 2. The van der Waals surface area contributed by atoms with Gasteiger partial charge in [-0.1, -0.05) is 30.3 Å². The highest BCUT2D eigenvalue weighted by Crippen LogP contribution is 2.49. The zero-order chi connectivity index (χ0) is 31.2. The second kappa shape index (κ2) is 11.8. The van der Waals surface area contributed by atoms with Gasteiger partial charge < -0.3 is 29.2 Å². The van der Waals surface area contributed by atoms with E-state index in [0.29, 0.717) is 41.8 Å². The van der Waals surface area contributed by atoms with Gasteiger partial charge in [0.05, 0.1) is 14.2 Å². The summed E-state index contributed by atoms with van der Waals surface area (Å²) in [6.45, 7) is 2.07. The minimum Gasteiger partial charge on any atom is -0.504 e. The fourth-order valence-electron chi connectivity index (χ4n) is 7.09. The van der Waals surface area contributed by atoms with Crippen molar-refractivity contribution in [2.45, 2.75) is 44.4 Å². The van der Waals surface area contributed by atoms with Crippen molar-refractivity contribution < 1.29 is 29.2 Å². The van der Waals surface area contributed by atoms with E-state index < -0.39 is 0 Å². The Morgan fingerprint density at radius 1 is 0.711 bits per heavy atom. The third kappa shape index (κ3) is 5.42. The first kappa shape index (κ1) is 29.3. The summed E-state index contributed by atoms with van der Waals surface area (Å²) in [5.74, 6) is 2.61. The molecule has 234 valence electrons. The number of ether oxygens (including phenoxy) is 4. The summed E-state index contributed by atoms with van der Waals surface area (Å²) in [7, 11) is 7.49. The molecule has 0 saturated carbocycles. The first-order valence-corrected chi connectivity index (χ1v) is 15.6. The minimum absolute atomic E-state index is 0.0510. The normalized spacial score (nSPS) is 19.7. The van der Waals surface area contributed by atoms with Crippen molar-refractivity contribution in [2.24, 2.45) is 0 Å². The molecule has 4 aliphatic heterocycles. The number of benzene rings is 4. The van der Waals surface area contributed by atoms with Crippen LogP contribution in [0.25, 0.3) is 0 Å². The van der Waals surface area contributed by atoms with Crippen molar-refractivity contribution in [3.05, 3.63) is 99.6 Å². The molecule has 8 nitrogen and oxygen atoms in total. The van der Waals surface area contributed by atoms with Crippen LogP contribution in [0.2, 0.25) is 0 Å². The van der Waals surface area contributed by atoms with E-state index in [4.69, 9.17) is 18.9 Å². The van der Waals surface area contributed by atoms with Crippen molar-refractivity contribution in [3.63, 3.8) is 0 Å². The predicted molar refractivity (Wildman–Crippen MR) is 172 cm³/mol. The summed E-state index contributed by atoms with van der Waals surface area (Å²) in [6, 6.07) is 20.1. The smallest absolute Gasteiger partial charge is 0.204 e. The highest BCUT2D eigenvalue weighted by molar-refractivity contribution is 5.61. The SMILES string of the molecule is COc1cc2c3cc1Oc1cc(ccc1O)C[C@H]1c4c(cc(OC)c(c4O)OCc4ccc(cc4)C[C@@H]3N(C)CC2)CCN1C. The Balaban J connectivity index is 1.37. The molecule has 0 spiro atoms. The van der Waals surface area contributed by atoms with Crippen LogP contribution < -0.4 is 18.9 Å². The van der Waals surface area contributed by atoms with E-state index in [1.165, 1.54) is 16.7 Å². The second-order valence-corrected chi connectivity index (χ2v) is 12.4. The van der Waals surface area contributed by atoms with Crippen molar-refractivity contribution in [3.8, 4) is 40.2 Å². The van der Waals surface area contributed by atoms with E-state index in [0.717, 1.165) is 54.6 Å². The minimum atomic E-state index is -0.126. The lowest BCUT2D eigenvalue weighted by Gasteiger charge is -2.36. The predicted octanol–water partition coefficient (Wildman–Crippen LogP) is 6.34. The monoisotopic (exact) mass is 608 g/mol. The number of nitrogens with zero attached hydrogens (tertiary/aromatic N) is 2. The van der Waals surface area contributed by atoms with E-state index in [-0.39, 0.29) is 23.6 Å². The Hall–Kier alpha value is -4.40. The highest BCUT2D eigenvalue weighted by Gasteiger charge is 2.32. The molecule has 0 radical (unpaired) electrons. The van der Waals surface area contributed by atoms with Crippen LogP contribution in [0, 0.1) is 0 Å². The number of likely N-dealkylation sites (N-methyl/N-ethyl adjacent to an activating group) is 2. The second-order valence-electron chi connectivity index (χ2n) is 12.4. The van der Waals surface area contributed by atoms with Gasteiger partial charge in [0.25, 0.3) is 0 Å². The molecule has 4 aromatic carbocycles. The van der Waals surface area contributed by atoms with Crippen molar-refractivity contribution in [2.75, 3.05) is 41.4 Å².